The fraction of sp³-hybridized carbons (Fsp3) is 0.360. The summed E-state index contributed by atoms with van der Waals surface area (Å²) in [5.41, 5.74) is 5.31. The molecular weight excluding hydrogens is 470 g/mol. The van der Waals surface area contributed by atoms with Crippen LogP contribution in [0.3, 0.4) is 0 Å². The van der Waals surface area contributed by atoms with Gasteiger partial charge in [-0.1, -0.05) is 38.1 Å². The summed E-state index contributed by atoms with van der Waals surface area (Å²) < 4.78 is 35.1. The number of nitrogens with two attached hydrogens (primary N) is 1. The Balaban J connectivity index is 1.76. The SMILES string of the molecule is CC(C)CCC1(C)C(=O)C(C2=NS(=O)(=O)c3cc(OCC(N)=O)ccc3N2)C(=O)c2ccccc21. The summed E-state index contributed by atoms with van der Waals surface area (Å²) in [7, 11) is -4.26. The van der Waals surface area contributed by atoms with Crippen molar-refractivity contribution in [3.8, 4) is 5.75 Å². The number of hydrogen-bond acceptors (Lipinski definition) is 7. The van der Waals surface area contributed by atoms with E-state index in [9.17, 15) is 22.8 Å². The Hall–Kier alpha value is -3.53. The zero-order valence-electron chi connectivity index (χ0n) is 19.7. The normalized spacial score (nSPS) is 22.6. The number of Topliss-reactive ketones (excluding diaryl/α,β-unsaturated/α-hetero) is 2. The lowest BCUT2D eigenvalue weighted by Gasteiger charge is -2.39. The maximum absolute atomic E-state index is 13.9. The number of nitrogens with one attached hydrogen (secondary N) is 1. The highest BCUT2D eigenvalue weighted by Gasteiger charge is 2.51. The number of nitrogens with zero attached hydrogens (tertiary/aromatic N) is 1. The van der Waals surface area contributed by atoms with Crippen LogP contribution in [0.1, 0.15) is 49.5 Å². The lowest BCUT2D eigenvalue weighted by atomic mass is 9.63. The third kappa shape index (κ3) is 4.45. The van der Waals surface area contributed by atoms with E-state index in [1.54, 1.807) is 24.3 Å². The molecule has 9 nitrogen and oxygen atoms in total. The highest BCUT2D eigenvalue weighted by molar-refractivity contribution is 7.90. The molecule has 0 fully saturated rings. The summed E-state index contributed by atoms with van der Waals surface area (Å²) in [4.78, 5) is 38.1. The van der Waals surface area contributed by atoms with Crippen molar-refractivity contribution < 1.29 is 27.5 Å². The van der Waals surface area contributed by atoms with Crippen LogP contribution < -0.4 is 15.8 Å². The molecule has 4 rings (SSSR count). The topological polar surface area (TPSA) is 145 Å². The molecular formula is C25H27N3O6S. The van der Waals surface area contributed by atoms with Crippen LogP contribution in [0, 0.1) is 11.8 Å². The lowest BCUT2D eigenvalue weighted by Crippen LogP contribution is -2.51. The molecule has 0 aromatic heterocycles. The number of benzene rings is 2. The van der Waals surface area contributed by atoms with Crippen LogP contribution in [0.5, 0.6) is 5.75 Å². The van der Waals surface area contributed by atoms with E-state index < -0.39 is 39.7 Å². The van der Waals surface area contributed by atoms with Gasteiger partial charge in [-0.05, 0) is 43.4 Å². The number of ether oxygens (including phenoxy) is 1. The Morgan fingerprint density at radius 3 is 2.60 bits per heavy atom. The Morgan fingerprint density at radius 2 is 1.91 bits per heavy atom. The summed E-state index contributed by atoms with van der Waals surface area (Å²) in [5, 5.41) is 2.89. The van der Waals surface area contributed by atoms with E-state index in [1.165, 1.54) is 18.2 Å². The van der Waals surface area contributed by atoms with Gasteiger partial charge in [-0.2, -0.15) is 8.42 Å². The zero-order chi connectivity index (χ0) is 25.5. The van der Waals surface area contributed by atoms with Crippen LogP contribution in [0.15, 0.2) is 51.8 Å². The zero-order valence-corrected chi connectivity index (χ0v) is 20.5. The summed E-state index contributed by atoms with van der Waals surface area (Å²) in [5.74, 6) is -2.72. The minimum Gasteiger partial charge on any atom is -0.484 e. The third-order valence-electron chi connectivity index (χ3n) is 6.44. The van der Waals surface area contributed by atoms with Crippen LogP contribution in [-0.4, -0.2) is 38.3 Å². The van der Waals surface area contributed by atoms with E-state index in [4.69, 9.17) is 10.5 Å². The van der Waals surface area contributed by atoms with Crippen molar-refractivity contribution in [2.75, 3.05) is 11.9 Å². The van der Waals surface area contributed by atoms with Gasteiger partial charge in [0.25, 0.3) is 15.9 Å². The van der Waals surface area contributed by atoms with Crippen molar-refractivity contribution in [2.45, 2.75) is 43.9 Å². The maximum atomic E-state index is 13.9. The van der Waals surface area contributed by atoms with Gasteiger partial charge in [0.05, 0.1) is 11.1 Å². The van der Waals surface area contributed by atoms with Gasteiger partial charge in [0.1, 0.15) is 22.4 Å². The Labute approximate surface area is 203 Å². The molecule has 1 heterocycles. The lowest BCUT2D eigenvalue weighted by molar-refractivity contribution is -0.125. The molecule has 35 heavy (non-hydrogen) atoms. The molecule has 2 aromatic rings. The van der Waals surface area contributed by atoms with E-state index in [0.717, 1.165) is 6.42 Å². The maximum Gasteiger partial charge on any atom is 0.286 e. The van der Waals surface area contributed by atoms with Crippen molar-refractivity contribution in [1.82, 2.24) is 0 Å². The predicted molar refractivity (Wildman–Crippen MR) is 130 cm³/mol. The molecule has 3 N–H and O–H groups in total. The number of amides is 1. The van der Waals surface area contributed by atoms with Crippen LogP contribution >= 0.6 is 0 Å². The molecule has 0 radical (unpaired) electrons. The molecule has 1 amide bonds. The minimum atomic E-state index is -4.26. The fourth-order valence-corrected chi connectivity index (χ4v) is 5.69. The van der Waals surface area contributed by atoms with Gasteiger partial charge in [0, 0.05) is 11.6 Å². The van der Waals surface area contributed by atoms with Gasteiger partial charge < -0.3 is 15.8 Å². The molecule has 184 valence electrons. The van der Waals surface area contributed by atoms with Gasteiger partial charge in [-0.25, -0.2) is 0 Å². The van der Waals surface area contributed by atoms with Gasteiger partial charge in [-0.3, -0.25) is 14.4 Å². The monoisotopic (exact) mass is 497 g/mol. The van der Waals surface area contributed by atoms with E-state index in [2.05, 4.69) is 23.6 Å². The number of amidine groups is 1. The van der Waals surface area contributed by atoms with Gasteiger partial charge in [0.2, 0.25) is 0 Å². The van der Waals surface area contributed by atoms with E-state index in [-0.39, 0.29) is 28.0 Å². The third-order valence-corrected chi connectivity index (χ3v) is 7.77. The number of carbonyl (C=O) groups excluding carboxylic acids is 3. The smallest absolute Gasteiger partial charge is 0.286 e. The highest BCUT2D eigenvalue weighted by Crippen LogP contribution is 2.43. The molecule has 0 spiro atoms. The first-order chi connectivity index (χ1) is 16.4. The Bertz CT molecular complexity index is 1370. The van der Waals surface area contributed by atoms with Crippen LogP contribution in [0.4, 0.5) is 5.69 Å². The number of sulfonamides is 1. The van der Waals surface area contributed by atoms with Gasteiger partial charge in [0.15, 0.2) is 18.2 Å². The van der Waals surface area contributed by atoms with Crippen molar-refractivity contribution in [3.63, 3.8) is 0 Å². The minimum absolute atomic E-state index is 0.117. The first-order valence-corrected chi connectivity index (χ1v) is 12.7. The fourth-order valence-electron chi connectivity index (χ4n) is 4.52. The largest absolute Gasteiger partial charge is 0.484 e. The molecule has 2 aromatic carbocycles. The van der Waals surface area contributed by atoms with Crippen LogP contribution in [0.2, 0.25) is 0 Å². The van der Waals surface area contributed by atoms with Gasteiger partial charge in [-0.15, -0.1) is 4.40 Å². The predicted octanol–water partition coefficient (Wildman–Crippen LogP) is 2.84. The van der Waals surface area contributed by atoms with Crippen LogP contribution in [0.25, 0.3) is 0 Å². The molecule has 2 atom stereocenters. The second kappa shape index (κ2) is 8.92. The number of fused-ring (bicyclic) bond motifs is 2. The number of primary amides is 1. The molecule has 2 unspecified atom stereocenters. The number of rotatable bonds is 7. The second-order valence-corrected chi connectivity index (χ2v) is 11.0. The Morgan fingerprint density at radius 1 is 1.20 bits per heavy atom. The summed E-state index contributed by atoms with van der Waals surface area (Å²) in [6, 6.07) is 11.1. The molecule has 0 saturated heterocycles. The number of carbonyl (C=O) groups is 3. The molecule has 0 bridgehead atoms. The molecule has 2 aliphatic rings. The average Bonchev–Trinajstić information content (AvgIpc) is 2.80. The highest BCUT2D eigenvalue weighted by atomic mass is 32.2. The van der Waals surface area contributed by atoms with Crippen molar-refractivity contribution in [2.24, 2.45) is 22.0 Å². The Kier molecular flexibility index (Phi) is 6.27. The van der Waals surface area contributed by atoms with E-state index in [1.807, 2.05) is 6.92 Å². The number of hydrogen-bond donors (Lipinski definition) is 2. The first kappa shape index (κ1) is 24.6. The molecule has 0 saturated carbocycles. The molecule has 1 aliphatic carbocycles. The quantitative estimate of drug-likeness (QED) is 0.560. The molecule has 10 heteroatoms. The number of ketones is 2. The average molecular weight is 498 g/mol. The van der Waals surface area contributed by atoms with Gasteiger partial charge >= 0.3 is 0 Å². The van der Waals surface area contributed by atoms with E-state index >= 15 is 0 Å². The van der Waals surface area contributed by atoms with Crippen molar-refractivity contribution in [1.29, 1.82) is 0 Å². The second-order valence-electron chi connectivity index (χ2n) is 9.46. The van der Waals surface area contributed by atoms with Crippen LogP contribution in [-0.2, 0) is 25.0 Å². The summed E-state index contributed by atoms with van der Waals surface area (Å²) in [6.45, 7) is 5.51. The standard InChI is InChI=1S/C25H27N3O6S/c1-14(2)10-11-25(3)17-7-5-4-6-16(17)22(30)21(23(25)31)24-27-18-9-8-15(34-13-20(26)29)12-19(18)35(32,33)28-24/h4-9,12,14,21H,10-11,13H2,1-3H3,(H2,26,29)(H,27,28). The van der Waals surface area contributed by atoms with Crippen molar-refractivity contribution >= 4 is 39.0 Å². The summed E-state index contributed by atoms with van der Waals surface area (Å²) >= 11 is 0. The summed E-state index contributed by atoms with van der Waals surface area (Å²) in [6.07, 6.45) is 1.27. The van der Waals surface area contributed by atoms with Crippen molar-refractivity contribution in [3.05, 3.63) is 53.6 Å². The van der Waals surface area contributed by atoms with E-state index in [0.29, 0.717) is 23.5 Å². The molecule has 1 aliphatic heterocycles. The first-order valence-electron chi connectivity index (χ1n) is 11.3. The number of anilines is 1.